The Morgan fingerprint density at radius 1 is 0.917 bits per heavy atom. The molecule has 2 aromatic carbocycles. The van der Waals surface area contributed by atoms with Crippen LogP contribution >= 0.6 is 45.2 Å². The van der Waals surface area contributed by atoms with Crippen LogP contribution in [-0.2, 0) is 0 Å². The maximum absolute atomic E-state index is 2.38. The zero-order chi connectivity index (χ0) is 8.55. The number of benzene rings is 2. The number of fused-ring (bicyclic) bond motifs is 1. The maximum Gasteiger partial charge on any atom is 0.0219 e. The van der Waals surface area contributed by atoms with E-state index in [4.69, 9.17) is 0 Å². The average Bonchev–Trinajstić information content (AvgIpc) is 2.04. The molecule has 0 unspecified atom stereocenters. The first-order chi connectivity index (χ1) is 5.77. The van der Waals surface area contributed by atoms with Gasteiger partial charge in [0.25, 0.3) is 0 Å². The molecule has 0 aromatic heterocycles. The molecule has 12 heavy (non-hydrogen) atoms. The van der Waals surface area contributed by atoms with Crippen molar-refractivity contribution in [3.05, 3.63) is 43.5 Å². The van der Waals surface area contributed by atoms with Gasteiger partial charge in [-0.3, -0.25) is 0 Å². The van der Waals surface area contributed by atoms with Gasteiger partial charge in [0, 0.05) is 7.14 Å². The molecule has 2 aromatic rings. The van der Waals surface area contributed by atoms with Gasteiger partial charge in [-0.25, -0.2) is 0 Å². The van der Waals surface area contributed by atoms with E-state index in [9.17, 15) is 0 Å². The second-order valence-electron chi connectivity index (χ2n) is 2.61. The zero-order valence-corrected chi connectivity index (χ0v) is 10.5. The number of hydrogen-bond acceptors (Lipinski definition) is 0. The van der Waals surface area contributed by atoms with E-state index in [1.807, 2.05) is 0 Å². The van der Waals surface area contributed by atoms with Crippen molar-refractivity contribution >= 4 is 56.0 Å². The Hall–Kier alpha value is 0.160. The van der Waals surface area contributed by atoms with Crippen molar-refractivity contribution in [2.45, 2.75) is 0 Å². The Labute approximate surface area is 98.6 Å². The van der Waals surface area contributed by atoms with Crippen LogP contribution in [0.2, 0.25) is 0 Å². The number of rotatable bonds is 0. The molecule has 0 heterocycles. The summed E-state index contributed by atoms with van der Waals surface area (Å²) in [5.41, 5.74) is 0. The molecule has 0 bridgehead atoms. The summed E-state index contributed by atoms with van der Waals surface area (Å²) in [5.74, 6) is 0. The van der Waals surface area contributed by atoms with Gasteiger partial charge in [-0.05, 0) is 68.1 Å². The summed E-state index contributed by atoms with van der Waals surface area (Å²) in [6, 6.07) is 12.9. The smallest absolute Gasteiger partial charge is 0.0219 e. The van der Waals surface area contributed by atoms with Gasteiger partial charge in [0.2, 0.25) is 0 Å². The van der Waals surface area contributed by atoms with Crippen molar-refractivity contribution in [2.24, 2.45) is 0 Å². The molecule has 0 amide bonds. The Morgan fingerprint density at radius 3 is 2.50 bits per heavy atom. The molecule has 0 aliphatic heterocycles. The van der Waals surface area contributed by atoms with E-state index in [-0.39, 0.29) is 0 Å². The Kier molecular flexibility index (Phi) is 2.55. The monoisotopic (exact) mass is 380 g/mol. The molecule has 2 heteroatoms. The minimum absolute atomic E-state index is 1.30. The summed E-state index contributed by atoms with van der Waals surface area (Å²) >= 11 is 4.73. The van der Waals surface area contributed by atoms with Crippen LogP contribution in [0.25, 0.3) is 10.8 Å². The van der Waals surface area contributed by atoms with Gasteiger partial charge in [-0.1, -0.05) is 24.3 Å². The Balaban J connectivity index is 2.89. The highest BCUT2D eigenvalue weighted by molar-refractivity contribution is 14.1. The Morgan fingerprint density at radius 2 is 1.67 bits per heavy atom. The summed E-state index contributed by atoms with van der Waals surface area (Å²) in [5, 5.41) is 2.67. The van der Waals surface area contributed by atoms with Gasteiger partial charge >= 0.3 is 0 Å². The van der Waals surface area contributed by atoms with Gasteiger partial charge in [0.1, 0.15) is 0 Å². The lowest BCUT2D eigenvalue weighted by molar-refractivity contribution is 1.66. The van der Waals surface area contributed by atoms with Gasteiger partial charge in [-0.2, -0.15) is 0 Å². The molecule has 0 aliphatic carbocycles. The highest BCUT2D eigenvalue weighted by atomic mass is 127. The SMILES string of the molecule is Ic1cc(I)c2ccccc2c1. The van der Waals surface area contributed by atoms with Crippen LogP contribution in [0.5, 0.6) is 0 Å². The predicted molar refractivity (Wildman–Crippen MR) is 69.4 cm³/mol. The highest BCUT2D eigenvalue weighted by Gasteiger charge is 1.98. The molecule has 0 spiro atoms. The van der Waals surface area contributed by atoms with Gasteiger partial charge < -0.3 is 0 Å². The van der Waals surface area contributed by atoms with Crippen molar-refractivity contribution in [3.63, 3.8) is 0 Å². The first-order valence-electron chi connectivity index (χ1n) is 3.61. The molecule has 0 radical (unpaired) electrons. The van der Waals surface area contributed by atoms with Crippen LogP contribution in [0.3, 0.4) is 0 Å². The van der Waals surface area contributed by atoms with Crippen LogP contribution in [0.15, 0.2) is 36.4 Å². The molecule has 0 N–H and O–H groups in total. The summed E-state index contributed by atoms with van der Waals surface area (Å²) < 4.78 is 2.63. The standard InChI is InChI=1S/C10H6I2/c11-8-5-7-3-1-2-4-9(7)10(12)6-8/h1-6H. The van der Waals surface area contributed by atoms with Crippen LogP contribution < -0.4 is 0 Å². The minimum atomic E-state index is 1.30. The van der Waals surface area contributed by atoms with E-state index in [0.717, 1.165) is 0 Å². The fraction of sp³-hybridized carbons (Fsp3) is 0. The molecule has 0 saturated heterocycles. The summed E-state index contributed by atoms with van der Waals surface area (Å²) in [4.78, 5) is 0. The van der Waals surface area contributed by atoms with E-state index >= 15 is 0 Å². The Bertz CT molecular complexity index is 421. The number of hydrogen-bond donors (Lipinski definition) is 0. The van der Waals surface area contributed by atoms with E-state index in [0.29, 0.717) is 0 Å². The lowest BCUT2D eigenvalue weighted by atomic mass is 10.1. The van der Waals surface area contributed by atoms with Crippen molar-refractivity contribution in [3.8, 4) is 0 Å². The second-order valence-corrected chi connectivity index (χ2v) is 5.02. The van der Waals surface area contributed by atoms with Crippen LogP contribution in [0.4, 0.5) is 0 Å². The fourth-order valence-electron chi connectivity index (χ4n) is 1.23. The van der Waals surface area contributed by atoms with Crippen molar-refractivity contribution in [1.29, 1.82) is 0 Å². The van der Waals surface area contributed by atoms with E-state index in [2.05, 4.69) is 81.6 Å². The average molecular weight is 380 g/mol. The lowest BCUT2D eigenvalue weighted by Gasteiger charge is -2.00. The van der Waals surface area contributed by atoms with E-state index in [1.165, 1.54) is 17.9 Å². The molecule has 0 fully saturated rings. The molecule has 60 valence electrons. The summed E-state index contributed by atoms with van der Waals surface area (Å²) in [7, 11) is 0. The van der Waals surface area contributed by atoms with E-state index < -0.39 is 0 Å². The van der Waals surface area contributed by atoms with Crippen molar-refractivity contribution in [1.82, 2.24) is 0 Å². The van der Waals surface area contributed by atoms with Crippen molar-refractivity contribution < 1.29 is 0 Å². The zero-order valence-electron chi connectivity index (χ0n) is 6.22. The quantitative estimate of drug-likeness (QED) is 0.606. The molecule has 0 aliphatic rings. The normalized spacial score (nSPS) is 10.5. The second kappa shape index (κ2) is 3.49. The maximum atomic E-state index is 2.38. The van der Waals surface area contributed by atoms with Crippen LogP contribution in [0, 0.1) is 7.14 Å². The fourth-order valence-corrected chi connectivity index (χ4v) is 3.30. The highest BCUT2D eigenvalue weighted by Crippen LogP contribution is 2.23. The minimum Gasteiger partial charge on any atom is -0.0616 e. The molecular weight excluding hydrogens is 374 g/mol. The first-order valence-corrected chi connectivity index (χ1v) is 5.77. The molecule has 0 saturated carbocycles. The third kappa shape index (κ3) is 1.59. The van der Waals surface area contributed by atoms with E-state index in [1.54, 1.807) is 0 Å². The predicted octanol–water partition coefficient (Wildman–Crippen LogP) is 4.05. The van der Waals surface area contributed by atoms with Crippen molar-refractivity contribution in [2.75, 3.05) is 0 Å². The molecule has 0 atom stereocenters. The topological polar surface area (TPSA) is 0 Å². The van der Waals surface area contributed by atoms with Gasteiger partial charge in [0.05, 0.1) is 0 Å². The van der Waals surface area contributed by atoms with Gasteiger partial charge in [0.15, 0.2) is 0 Å². The molecular formula is C10H6I2. The summed E-state index contributed by atoms with van der Waals surface area (Å²) in [6.45, 7) is 0. The van der Waals surface area contributed by atoms with Gasteiger partial charge in [-0.15, -0.1) is 0 Å². The summed E-state index contributed by atoms with van der Waals surface area (Å²) in [6.07, 6.45) is 0. The van der Waals surface area contributed by atoms with Crippen LogP contribution in [-0.4, -0.2) is 0 Å². The third-order valence-corrected chi connectivity index (χ3v) is 3.29. The van der Waals surface area contributed by atoms with Crippen LogP contribution in [0.1, 0.15) is 0 Å². The molecule has 2 rings (SSSR count). The number of halogens is 2. The lowest BCUT2D eigenvalue weighted by Crippen LogP contribution is -1.79. The first kappa shape index (κ1) is 8.74. The largest absolute Gasteiger partial charge is 0.0616 e. The third-order valence-electron chi connectivity index (χ3n) is 1.78. The molecule has 0 nitrogen and oxygen atoms in total.